The SMILES string of the molecule is COc1ccc(/C=C(\C#N)C(=O)NCCc2ccc(OC)c(OC)c2)cc1O. The van der Waals surface area contributed by atoms with E-state index >= 15 is 0 Å². The van der Waals surface area contributed by atoms with Crippen molar-refractivity contribution in [2.24, 2.45) is 0 Å². The molecule has 2 rings (SSSR count). The highest BCUT2D eigenvalue weighted by Gasteiger charge is 2.10. The molecule has 7 heteroatoms. The van der Waals surface area contributed by atoms with Crippen molar-refractivity contribution in [2.45, 2.75) is 6.42 Å². The molecule has 2 aromatic carbocycles. The number of hydrogen-bond acceptors (Lipinski definition) is 6. The maximum Gasteiger partial charge on any atom is 0.261 e. The van der Waals surface area contributed by atoms with Gasteiger partial charge in [0.25, 0.3) is 5.91 Å². The minimum Gasteiger partial charge on any atom is -0.504 e. The number of aromatic hydroxyl groups is 1. The predicted octanol–water partition coefficient (Wildman–Crippen LogP) is 2.68. The number of nitrogens with one attached hydrogen (secondary N) is 1. The van der Waals surface area contributed by atoms with E-state index in [1.807, 2.05) is 18.2 Å². The van der Waals surface area contributed by atoms with E-state index < -0.39 is 5.91 Å². The summed E-state index contributed by atoms with van der Waals surface area (Å²) in [7, 11) is 4.57. The first-order chi connectivity index (χ1) is 13.5. The van der Waals surface area contributed by atoms with Crippen LogP contribution < -0.4 is 19.5 Å². The zero-order valence-electron chi connectivity index (χ0n) is 16.0. The van der Waals surface area contributed by atoms with Crippen LogP contribution in [0, 0.1) is 11.3 Å². The van der Waals surface area contributed by atoms with Crippen LogP contribution >= 0.6 is 0 Å². The Kier molecular flexibility index (Phi) is 7.28. The van der Waals surface area contributed by atoms with Gasteiger partial charge in [0.1, 0.15) is 11.6 Å². The van der Waals surface area contributed by atoms with Crippen LogP contribution in [0.25, 0.3) is 6.08 Å². The number of amides is 1. The van der Waals surface area contributed by atoms with Crippen LogP contribution in [-0.2, 0) is 11.2 Å². The molecule has 0 radical (unpaired) electrons. The molecule has 0 saturated carbocycles. The molecule has 146 valence electrons. The van der Waals surface area contributed by atoms with E-state index in [-0.39, 0.29) is 11.3 Å². The van der Waals surface area contributed by atoms with Gasteiger partial charge in [0, 0.05) is 6.54 Å². The normalized spacial score (nSPS) is 10.7. The summed E-state index contributed by atoms with van der Waals surface area (Å²) < 4.78 is 15.4. The highest BCUT2D eigenvalue weighted by atomic mass is 16.5. The molecule has 0 unspecified atom stereocenters. The average Bonchev–Trinajstić information content (AvgIpc) is 2.71. The van der Waals surface area contributed by atoms with Crippen molar-refractivity contribution in [1.29, 1.82) is 5.26 Å². The lowest BCUT2D eigenvalue weighted by Gasteiger charge is -2.10. The van der Waals surface area contributed by atoms with Gasteiger partial charge in [0.15, 0.2) is 23.0 Å². The molecular formula is C21H22N2O5. The van der Waals surface area contributed by atoms with Crippen molar-refractivity contribution in [2.75, 3.05) is 27.9 Å². The summed E-state index contributed by atoms with van der Waals surface area (Å²) in [6.45, 7) is 0.348. The fourth-order valence-corrected chi connectivity index (χ4v) is 2.56. The quantitative estimate of drug-likeness (QED) is 0.538. The first-order valence-corrected chi connectivity index (χ1v) is 8.50. The Morgan fingerprint density at radius 1 is 1.07 bits per heavy atom. The molecule has 0 bridgehead atoms. The molecule has 2 aromatic rings. The van der Waals surface area contributed by atoms with Gasteiger partial charge >= 0.3 is 0 Å². The Morgan fingerprint density at radius 3 is 2.36 bits per heavy atom. The summed E-state index contributed by atoms with van der Waals surface area (Å²) in [5.74, 6) is 1.01. The van der Waals surface area contributed by atoms with Crippen molar-refractivity contribution < 1.29 is 24.1 Å². The van der Waals surface area contributed by atoms with Crippen LogP contribution in [0.15, 0.2) is 42.0 Å². The molecule has 0 spiro atoms. The zero-order valence-corrected chi connectivity index (χ0v) is 16.0. The Labute approximate surface area is 163 Å². The van der Waals surface area contributed by atoms with Gasteiger partial charge in [-0.2, -0.15) is 5.26 Å². The van der Waals surface area contributed by atoms with E-state index in [0.29, 0.717) is 35.8 Å². The molecule has 0 saturated heterocycles. The Balaban J connectivity index is 2.01. The Bertz CT molecular complexity index is 915. The topological polar surface area (TPSA) is 101 Å². The maximum atomic E-state index is 12.3. The first-order valence-electron chi connectivity index (χ1n) is 8.50. The summed E-state index contributed by atoms with van der Waals surface area (Å²) in [5, 5.41) is 21.8. The molecule has 7 nitrogen and oxygen atoms in total. The van der Waals surface area contributed by atoms with Crippen molar-refractivity contribution in [3.05, 3.63) is 53.1 Å². The van der Waals surface area contributed by atoms with Crippen LogP contribution in [0.4, 0.5) is 0 Å². The second-order valence-electron chi connectivity index (χ2n) is 5.80. The fourth-order valence-electron chi connectivity index (χ4n) is 2.56. The molecule has 0 heterocycles. The highest BCUT2D eigenvalue weighted by molar-refractivity contribution is 6.01. The lowest BCUT2D eigenvalue weighted by molar-refractivity contribution is -0.117. The zero-order chi connectivity index (χ0) is 20.5. The van der Waals surface area contributed by atoms with Crippen LogP contribution in [-0.4, -0.2) is 38.9 Å². The van der Waals surface area contributed by atoms with Crippen LogP contribution in [0.2, 0.25) is 0 Å². The Hall–Kier alpha value is -3.66. The largest absolute Gasteiger partial charge is 0.504 e. The fraction of sp³-hybridized carbons (Fsp3) is 0.238. The molecule has 0 aliphatic rings. The molecule has 2 N–H and O–H groups in total. The number of carbonyl (C=O) groups is 1. The van der Waals surface area contributed by atoms with Crippen molar-refractivity contribution in [3.63, 3.8) is 0 Å². The second-order valence-corrected chi connectivity index (χ2v) is 5.80. The summed E-state index contributed by atoms with van der Waals surface area (Å²) >= 11 is 0. The van der Waals surface area contributed by atoms with Gasteiger partial charge in [-0.15, -0.1) is 0 Å². The maximum absolute atomic E-state index is 12.3. The smallest absolute Gasteiger partial charge is 0.261 e. The third-order valence-corrected chi connectivity index (χ3v) is 4.03. The molecule has 0 fully saturated rings. The van der Waals surface area contributed by atoms with E-state index in [9.17, 15) is 15.2 Å². The number of benzene rings is 2. The van der Waals surface area contributed by atoms with E-state index in [4.69, 9.17) is 14.2 Å². The molecule has 1 amide bonds. The average molecular weight is 382 g/mol. The number of phenols is 1. The second kappa shape index (κ2) is 9.88. The van der Waals surface area contributed by atoms with Crippen molar-refractivity contribution >= 4 is 12.0 Å². The lowest BCUT2D eigenvalue weighted by atomic mass is 10.1. The number of hydrogen-bond donors (Lipinski definition) is 2. The number of rotatable bonds is 8. The number of methoxy groups -OCH3 is 3. The molecule has 0 atom stereocenters. The molecular weight excluding hydrogens is 360 g/mol. The molecule has 0 aromatic heterocycles. The van der Waals surface area contributed by atoms with E-state index in [0.717, 1.165) is 5.56 Å². The summed E-state index contributed by atoms with van der Waals surface area (Å²) in [6.07, 6.45) is 1.97. The van der Waals surface area contributed by atoms with E-state index in [1.165, 1.54) is 19.3 Å². The monoisotopic (exact) mass is 382 g/mol. The van der Waals surface area contributed by atoms with Gasteiger partial charge in [-0.05, 0) is 47.9 Å². The predicted molar refractivity (Wildman–Crippen MR) is 105 cm³/mol. The number of ether oxygens (including phenoxy) is 3. The first kappa shape index (κ1) is 20.6. The Morgan fingerprint density at radius 2 is 1.75 bits per heavy atom. The summed E-state index contributed by atoms with van der Waals surface area (Å²) in [6, 6.07) is 12.0. The van der Waals surface area contributed by atoms with Crippen LogP contribution in [0.1, 0.15) is 11.1 Å². The molecule has 0 aliphatic carbocycles. The van der Waals surface area contributed by atoms with Gasteiger partial charge in [-0.1, -0.05) is 12.1 Å². The van der Waals surface area contributed by atoms with Gasteiger partial charge in [-0.3, -0.25) is 4.79 Å². The van der Waals surface area contributed by atoms with Gasteiger partial charge < -0.3 is 24.6 Å². The lowest BCUT2D eigenvalue weighted by Crippen LogP contribution is -2.26. The van der Waals surface area contributed by atoms with Crippen LogP contribution in [0.5, 0.6) is 23.0 Å². The third kappa shape index (κ3) is 5.17. The number of nitrogens with zero attached hydrogens (tertiary/aromatic N) is 1. The van der Waals surface area contributed by atoms with Gasteiger partial charge in [0.05, 0.1) is 21.3 Å². The molecule has 28 heavy (non-hydrogen) atoms. The van der Waals surface area contributed by atoms with Gasteiger partial charge in [-0.25, -0.2) is 0 Å². The van der Waals surface area contributed by atoms with E-state index in [1.54, 1.807) is 32.4 Å². The van der Waals surface area contributed by atoms with E-state index in [2.05, 4.69) is 5.32 Å². The minimum absolute atomic E-state index is 0.0584. The highest BCUT2D eigenvalue weighted by Crippen LogP contribution is 2.28. The van der Waals surface area contributed by atoms with Crippen LogP contribution in [0.3, 0.4) is 0 Å². The van der Waals surface area contributed by atoms with Gasteiger partial charge in [0.2, 0.25) is 0 Å². The number of nitriles is 1. The summed E-state index contributed by atoms with van der Waals surface area (Å²) in [5.41, 5.74) is 1.42. The number of phenolic OH excluding ortho intramolecular Hbond substituents is 1. The number of carbonyl (C=O) groups excluding carboxylic acids is 1. The summed E-state index contributed by atoms with van der Waals surface area (Å²) in [4.78, 5) is 12.3. The molecule has 0 aliphatic heterocycles. The standard InChI is InChI=1S/C21H22N2O5/c1-26-18-6-5-15(11-17(18)24)10-16(13-22)21(25)23-9-8-14-4-7-19(27-2)20(12-14)28-3/h4-7,10-12,24H,8-9H2,1-3H3,(H,23,25)/b16-10+. The minimum atomic E-state index is -0.488. The van der Waals surface area contributed by atoms with Crippen molar-refractivity contribution in [3.8, 4) is 29.1 Å². The van der Waals surface area contributed by atoms with Crippen molar-refractivity contribution in [1.82, 2.24) is 5.32 Å². The third-order valence-electron chi connectivity index (χ3n) is 4.03.